The van der Waals surface area contributed by atoms with Gasteiger partial charge in [-0.25, -0.2) is 0 Å². The zero-order chi connectivity index (χ0) is 11.6. The monoisotopic (exact) mass is 200 g/mol. The molecule has 1 atom stereocenters. The summed E-state index contributed by atoms with van der Waals surface area (Å²) >= 11 is 0. The number of ether oxygens (including phenoxy) is 1. The first kappa shape index (κ1) is 13.6. The number of rotatable bonds is 3. The van der Waals surface area contributed by atoms with Crippen LogP contribution in [0.2, 0.25) is 0 Å². The van der Waals surface area contributed by atoms with Crippen molar-refractivity contribution in [3.63, 3.8) is 0 Å². The zero-order valence-corrected chi connectivity index (χ0v) is 10.6. The molecule has 2 nitrogen and oxygen atoms in total. The summed E-state index contributed by atoms with van der Waals surface area (Å²) in [6.07, 6.45) is -0.299. The van der Waals surface area contributed by atoms with Crippen molar-refractivity contribution in [2.45, 2.75) is 54.6 Å². The van der Waals surface area contributed by atoms with Crippen molar-refractivity contribution in [3.8, 4) is 0 Å². The van der Waals surface area contributed by atoms with E-state index in [4.69, 9.17) is 4.74 Å². The molecule has 0 fully saturated rings. The van der Waals surface area contributed by atoms with Crippen LogP contribution in [0.5, 0.6) is 0 Å². The highest BCUT2D eigenvalue weighted by Crippen LogP contribution is 2.29. The number of ketones is 1. The number of Topliss-reactive ketones (excluding diaryl/α,β-unsaturated/α-hetero) is 1. The summed E-state index contributed by atoms with van der Waals surface area (Å²) in [5, 5.41) is 0. The Morgan fingerprint density at radius 1 is 1.14 bits per heavy atom. The van der Waals surface area contributed by atoms with Gasteiger partial charge in [0.15, 0.2) is 5.78 Å². The predicted octanol–water partition coefficient (Wildman–Crippen LogP) is 3.05. The minimum absolute atomic E-state index is 0.125. The third-order valence-corrected chi connectivity index (χ3v) is 2.10. The van der Waals surface area contributed by atoms with E-state index < -0.39 is 0 Å². The van der Waals surface area contributed by atoms with Gasteiger partial charge in [-0.15, -0.1) is 0 Å². The largest absolute Gasteiger partial charge is 0.370 e. The number of carbonyl (C=O) groups excluding carboxylic acids is 1. The van der Waals surface area contributed by atoms with Crippen molar-refractivity contribution in [1.82, 2.24) is 0 Å². The van der Waals surface area contributed by atoms with E-state index in [1.165, 1.54) is 0 Å². The Labute approximate surface area is 88.0 Å². The molecule has 0 amide bonds. The second kappa shape index (κ2) is 4.43. The molecule has 0 aromatic rings. The van der Waals surface area contributed by atoms with Crippen LogP contribution in [-0.2, 0) is 9.53 Å². The quantitative estimate of drug-likeness (QED) is 0.700. The molecule has 0 saturated heterocycles. The Morgan fingerprint density at radius 3 is 1.79 bits per heavy atom. The molecular formula is C12H24O2. The highest BCUT2D eigenvalue weighted by molar-refractivity contribution is 5.88. The lowest BCUT2D eigenvalue weighted by Crippen LogP contribution is -2.43. The van der Waals surface area contributed by atoms with Crippen LogP contribution in [0.4, 0.5) is 0 Å². The molecule has 0 bridgehead atoms. The molecule has 2 heteroatoms. The molecule has 0 radical (unpaired) electrons. The lowest BCUT2D eigenvalue weighted by Gasteiger charge is -2.33. The fourth-order valence-electron chi connectivity index (χ4n) is 1.28. The molecule has 0 N–H and O–H groups in total. The van der Waals surface area contributed by atoms with Crippen LogP contribution < -0.4 is 0 Å². The summed E-state index contributed by atoms with van der Waals surface area (Å²) in [6, 6.07) is 0. The third-order valence-electron chi connectivity index (χ3n) is 2.10. The Balaban J connectivity index is 4.77. The van der Waals surface area contributed by atoms with E-state index in [9.17, 15) is 4.79 Å². The van der Waals surface area contributed by atoms with Crippen LogP contribution in [0.1, 0.15) is 48.5 Å². The van der Waals surface area contributed by atoms with Gasteiger partial charge in [0.05, 0.1) is 0 Å². The van der Waals surface area contributed by atoms with E-state index in [0.717, 1.165) is 0 Å². The van der Waals surface area contributed by atoms with E-state index in [1.807, 2.05) is 48.5 Å². The molecule has 0 aliphatic heterocycles. The van der Waals surface area contributed by atoms with Gasteiger partial charge in [0.25, 0.3) is 0 Å². The van der Waals surface area contributed by atoms with Crippen LogP contribution in [-0.4, -0.2) is 18.5 Å². The molecule has 0 rings (SSSR count). The van der Waals surface area contributed by atoms with Gasteiger partial charge < -0.3 is 4.74 Å². The molecular weight excluding hydrogens is 176 g/mol. The highest BCUT2D eigenvalue weighted by Gasteiger charge is 2.37. The van der Waals surface area contributed by atoms with Gasteiger partial charge in [0.1, 0.15) is 6.10 Å². The van der Waals surface area contributed by atoms with Crippen molar-refractivity contribution in [1.29, 1.82) is 0 Å². The summed E-state index contributed by atoms with van der Waals surface area (Å²) in [7, 11) is 0. The Hall–Kier alpha value is -0.370. The molecule has 0 aliphatic carbocycles. The van der Waals surface area contributed by atoms with Crippen LogP contribution in [0.15, 0.2) is 0 Å². The first-order valence-corrected chi connectivity index (χ1v) is 5.26. The summed E-state index contributed by atoms with van der Waals surface area (Å²) in [4.78, 5) is 12.1. The lowest BCUT2D eigenvalue weighted by molar-refractivity contribution is -0.145. The maximum absolute atomic E-state index is 12.1. The molecule has 0 aromatic heterocycles. The van der Waals surface area contributed by atoms with Gasteiger partial charge in [-0.1, -0.05) is 41.5 Å². The van der Waals surface area contributed by atoms with E-state index in [2.05, 4.69) is 0 Å². The summed E-state index contributed by atoms with van der Waals surface area (Å²) < 4.78 is 5.55. The number of hydrogen-bond acceptors (Lipinski definition) is 2. The molecule has 0 spiro atoms. The molecule has 84 valence electrons. The fourth-order valence-corrected chi connectivity index (χ4v) is 1.28. The Morgan fingerprint density at radius 2 is 1.57 bits per heavy atom. The maximum atomic E-state index is 12.1. The first-order chi connectivity index (χ1) is 6.10. The van der Waals surface area contributed by atoms with Crippen LogP contribution in [0, 0.1) is 10.8 Å². The van der Waals surface area contributed by atoms with Crippen molar-refractivity contribution in [2.24, 2.45) is 10.8 Å². The molecule has 0 aliphatic rings. The number of carbonyl (C=O) groups is 1. The summed E-state index contributed by atoms with van der Waals surface area (Å²) in [6.45, 7) is 14.4. The number of hydrogen-bond donors (Lipinski definition) is 0. The van der Waals surface area contributed by atoms with E-state index in [1.54, 1.807) is 0 Å². The normalized spacial score (nSPS) is 15.4. The van der Waals surface area contributed by atoms with E-state index in [-0.39, 0.29) is 22.7 Å². The lowest BCUT2D eigenvalue weighted by atomic mass is 9.77. The van der Waals surface area contributed by atoms with Crippen molar-refractivity contribution < 1.29 is 9.53 Å². The second-order valence-corrected chi connectivity index (χ2v) is 5.82. The summed E-state index contributed by atoms with van der Waals surface area (Å²) in [5.74, 6) is 0.187. The minimum Gasteiger partial charge on any atom is -0.370 e. The maximum Gasteiger partial charge on any atom is 0.167 e. The SMILES string of the molecule is CCOC(C(=O)C(C)(C)C)C(C)(C)C. The minimum atomic E-state index is -0.326. The van der Waals surface area contributed by atoms with Crippen LogP contribution >= 0.6 is 0 Å². The van der Waals surface area contributed by atoms with Gasteiger partial charge in [-0.2, -0.15) is 0 Å². The van der Waals surface area contributed by atoms with Gasteiger partial charge in [-0.3, -0.25) is 4.79 Å². The van der Waals surface area contributed by atoms with E-state index >= 15 is 0 Å². The average Bonchev–Trinajstić information content (AvgIpc) is 1.94. The van der Waals surface area contributed by atoms with Gasteiger partial charge in [0, 0.05) is 12.0 Å². The fraction of sp³-hybridized carbons (Fsp3) is 0.917. The second-order valence-electron chi connectivity index (χ2n) is 5.82. The Kier molecular flexibility index (Phi) is 4.32. The van der Waals surface area contributed by atoms with E-state index in [0.29, 0.717) is 6.61 Å². The van der Waals surface area contributed by atoms with Gasteiger partial charge in [0.2, 0.25) is 0 Å². The van der Waals surface area contributed by atoms with Crippen molar-refractivity contribution in [2.75, 3.05) is 6.61 Å². The van der Waals surface area contributed by atoms with Crippen LogP contribution in [0.25, 0.3) is 0 Å². The molecule has 0 heterocycles. The predicted molar refractivity (Wildman–Crippen MR) is 59.3 cm³/mol. The van der Waals surface area contributed by atoms with Crippen molar-refractivity contribution in [3.05, 3.63) is 0 Å². The average molecular weight is 200 g/mol. The summed E-state index contributed by atoms with van der Waals surface area (Å²) in [5.41, 5.74) is -0.451. The standard InChI is InChI=1S/C12H24O2/c1-8-14-10(12(5,6)7)9(13)11(2,3)4/h10H,8H2,1-7H3. The molecule has 0 aromatic carbocycles. The highest BCUT2D eigenvalue weighted by atomic mass is 16.5. The third kappa shape index (κ3) is 3.79. The zero-order valence-electron chi connectivity index (χ0n) is 10.6. The first-order valence-electron chi connectivity index (χ1n) is 5.26. The smallest absolute Gasteiger partial charge is 0.167 e. The van der Waals surface area contributed by atoms with Gasteiger partial charge in [-0.05, 0) is 12.3 Å². The van der Waals surface area contributed by atoms with Gasteiger partial charge >= 0.3 is 0 Å². The molecule has 14 heavy (non-hydrogen) atoms. The van der Waals surface area contributed by atoms with Crippen LogP contribution in [0.3, 0.4) is 0 Å². The molecule has 1 unspecified atom stereocenters. The van der Waals surface area contributed by atoms with Crippen molar-refractivity contribution >= 4 is 5.78 Å². The topological polar surface area (TPSA) is 26.3 Å². The molecule has 0 saturated carbocycles. The Bertz CT molecular complexity index is 193.